The summed E-state index contributed by atoms with van der Waals surface area (Å²) in [6, 6.07) is 16.7. The Balaban J connectivity index is 1.21. The summed E-state index contributed by atoms with van der Waals surface area (Å²) >= 11 is 0. The normalized spacial score (nSPS) is 34.4. The van der Waals surface area contributed by atoms with Gasteiger partial charge in [-0.05, 0) is 125 Å². The van der Waals surface area contributed by atoms with Gasteiger partial charge in [0.1, 0.15) is 0 Å². The van der Waals surface area contributed by atoms with Crippen LogP contribution in [0.2, 0.25) is 0 Å². The zero-order valence-electron chi connectivity index (χ0n) is 19.4. The molecular weight excluding hydrogens is 384 g/mol. The number of allylic oxidation sites excluding steroid dienone is 2. The molecule has 0 unspecified atom stereocenters. The van der Waals surface area contributed by atoms with Crippen molar-refractivity contribution in [2.45, 2.75) is 76.0 Å². The predicted octanol–water partition coefficient (Wildman–Crippen LogP) is 6.90. The van der Waals surface area contributed by atoms with Gasteiger partial charge in [-0.2, -0.15) is 0 Å². The standard InChI is InChI=1S/C32H36/c1-2-5-22(6-3-1)13-23-17-28-7-4-8-30(31(28)18-23)27-9-11-29(12-10-27)32-19-24-14-25(20-32)16-26(15-24)21-32/h4,7-13,17-18,22,24-26H,1-3,5-6,14-16,19-21H2. The predicted molar refractivity (Wildman–Crippen MR) is 135 cm³/mol. The van der Waals surface area contributed by atoms with E-state index in [9.17, 15) is 0 Å². The largest absolute Gasteiger partial charge is 0.0741 e. The molecule has 0 amide bonds. The summed E-state index contributed by atoms with van der Waals surface area (Å²) in [5.74, 6) is 3.82. The molecule has 2 aromatic rings. The molecule has 0 N–H and O–H groups in total. The molecule has 6 aliphatic rings. The number of benzene rings is 2. The molecule has 32 heavy (non-hydrogen) atoms. The average molecular weight is 421 g/mol. The molecule has 2 aromatic carbocycles. The molecule has 0 aliphatic heterocycles. The van der Waals surface area contributed by atoms with Gasteiger partial charge in [0.05, 0.1) is 0 Å². The number of rotatable bonds is 3. The number of fused-ring (bicyclic) bond motifs is 1. The Kier molecular flexibility index (Phi) is 4.53. The average Bonchev–Trinajstić information content (AvgIpc) is 3.21. The third kappa shape index (κ3) is 3.25. The van der Waals surface area contributed by atoms with E-state index in [4.69, 9.17) is 0 Å². The van der Waals surface area contributed by atoms with E-state index in [1.54, 1.807) is 5.56 Å². The first-order valence-corrected chi connectivity index (χ1v) is 13.4. The summed E-state index contributed by atoms with van der Waals surface area (Å²) in [5, 5.41) is 2.83. The second-order valence-corrected chi connectivity index (χ2v) is 11.9. The van der Waals surface area contributed by atoms with Crippen LogP contribution in [0.4, 0.5) is 0 Å². The highest BCUT2D eigenvalue weighted by Crippen LogP contribution is 2.60. The zero-order chi connectivity index (χ0) is 21.1. The third-order valence-electron chi connectivity index (χ3n) is 9.70. The van der Waals surface area contributed by atoms with Crippen molar-refractivity contribution in [1.29, 1.82) is 0 Å². The first-order chi connectivity index (χ1) is 15.7. The molecule has 0 saturated heterocycles. The van der Waals surface area contributed by atoms with Crippen LogP contribution < -0.4 is 10.4 Å². The second-order valence-electron chi connectivity index (χ2n) is 11.9. The van der Waals surface area contributed by atoms with Crippen LogP contribution in [-0.4, -0.2) is 0 Å². The van der Waals surface area contributed by atoms with E-state index in [2.05, 4.69) is 60.7 Å². The quantitative estimate of drug-likeness (QED) is 0.506. The number of hydrogen-bond donors (Lipinski definition) is 0. The van der Waals surface area contributed by atoms with Gasteiger partial charge in [0, 0.05) is 0 Å². The van der Waals surface area contributed by atoms with Crippen LogP contribution in [0.25, 0.3) is 23.3 Å². The van der Waals surface area contributed by atoms with Crippen molar-refractivity contribution in [3.05, 3.63) is 70.1 Å². The molecule has 164 valence electrons. The van der Waals surface area contributed by atoms with Crippen LogP contribution in [0.5, 0.6) is 0 Å². The molecule has 0 radical (unpaired) electrons. The third-order valence-corrected chi connectivity index (χ3v) is 9.70. The molecule has 0 nitrogen and oxygen atoms in total. The maximum Gasteiger partial charge on any atom is -0.00391 e. The molecular formula is C32H36. The molecule has 0 spiro atoms. The maximum atomic E-state index is 2.55. The van der Waals surface area contributed by atoms with Crippen molar-refractivity contribution in [2.75, 3.05) is 0 Å². The van der Waals surface area contributed by atoms with E-state index >= 15 is 0 Å². The van der Waals surface area contributed by atoms with Gasteiger partial charge in [0.2, 0.25) is 0 Å². The summed E-state index contributed by atoms with van der Waals surface area (Å²) in [6.45, 7) is 0. The fourth-order valence-corrected chi connectivity index (χ4v) is 8.65. The lowest BCUT2D eigenvalue weighted by Crippen LogP contribution is -2.48. The van der Waals surface area contributed by atoms with Gasteiger partial charge >= 0.3 is 0 Å². The van der Waals surface area contributed by atoms with Crippen LogP contribution in [0.1, 0.15) is 76.2 Å². The van der Waals surface area contributed by atoms with E-state index in [1.807, 2.05) is 0 Å². The molecule has 8 rings (SSSR count). The summed E-state index contributed by atoms with van der Waals surface area (Å²) in [6.07, 6.45) is 23.3. The molecule has 0 heteroatoms. The monoisotopic (exact) mass is 420 g/mol. The second kappa shape index (κ2) is 7.47. The van der Waals surface area contributed by atoms with E-state index in [0.717, 1.165) is 23.7 Å². The summed E-state index contributed by atoms with van der Waals surface area (Å²) in [4.78, 5) is 0. The SMILES string of the molecule is C(=C1C=c2cccc(-c3ccc(C45CC6CC(CC(C6)C4)C5)cc3)c2=C1)C1CCCCC1. The van der Waals surface area contributed by atoms with Crippen LogP contribution >= 0.6 is 0 Å². The first-order valence-electron chi connectivity index (χ1n) is 13.4. The van der Waals surface area contributed by atoms with Crippen LogP contribution in [0.15, 0.2) is 54.1 Å². The van der Waals surface area contributed by atoms with E-state index in [0.29, 0.717) is 5.41 Å². The molecule has 0 atom stereocenters. The van der Waals surface area contributed by atoms with Gasteiger partial charge in [-0.1, -0.05) is 67.8 Å². The lowest BCUT2D eigenvalue weighted by molar-refractivity contribution is -0.00518. The van der Waals surface area contributed by atoms with Crippen molar-refractivity contribution in [1.82, 2.24) is 0 Å². The number of hydrogen-bond acceptors (Lipinski definition) is 0. The van der Waals surface area contributed by atoms with Crippen LogP contribution in [0.3, 0.4) is 0 Å². The Hall–Kier alpha value is -2.08. The molecule has 5 fully saturated rings. The minimum Gasteiger partial charge on any atom is -0.0741 e. The molecule has 0 heterocycles. The van der Waals surface area contributed by atoms with Gasteiger partial charge in [0.15, 0.2) is 0 Å². The minimum absolute atomic E-state index is 0.502. The molecule has 6 aliphatic carbocycles. The van der Waals surface area contributed by atoms with Crippen molar-refractivity contribution in [3.8, 4) is 11.1 Å². The smallest absolute Gasteiger partial charge is 0.00391 e. The molecule has 5 saturated carbocycles. The topological polar surface area (TPSA) is 0 Å². The Bertz CT molecular complexity index is 1130. The summed E-state index contributed by atoms with van der Waals surface area (Å²) < 4.78 is 0. The lowest BCUT2D eigenvalue weighted by Gasteiger charge is -2.57. The molecule has 4 bridgehead atoms. The summed E-state index contributed by atoms with van der Waals surface area (Å²) in [7, 11) is 0. The van der Waals surface area contributed by atoms with E-state index in [-0.39, 0.29) is 0 Å². The lowest BCUT2D eigenvalue weighted by atomic mass is 9.48. The van der Waals surface area contributed by atoms with Gasteiger partial charge in [-0.15, -0.1) is 0 Å². The van der Waals surface area contributed by atoms with Crippen LogP contribution in [-0.2, 0) is 5.41 Å². The summed E-state index contributed by atoms with van der Waals surface area (Å²) in [5.41, 5.74) is 6.37. The van der Waals surface area contributed by atoms with E-state index in [1.165, 1.54) is 97.8 Å². The Morgan fingerprint density at radius 3 is 2.09 bits per heavy atom. The Morgan fingerprint density at radius 2 is 1.41 bits per heavy atom. The molecule has 0 aromatic heterocycles. The first kappa shape index (κ1) is 19.4. The van der Waals surface area contributed by atoms with Gasteiger partial charge in [-0.3, -0.25) is 0 Å². The van der Waals surface area contributed by atoms with Crippen molar-refractivity contribution < 1.29 is 0 Å². The fourth-order valence-electron chi connectivity index (χ4n) is 8.65. The van der Waals surface area contributed by atoms with Gasteiger partial charge in [0.25, 0.3) is 0 Å². The Morgan fingerprint density at radius 1 is 0.719 bits per heavy atom. The van der Waals surface area contributed by atoms with Crippen molar-refractivity contribution in [3.63, 3.8) is 0 Å². The van der Waals surface area contributed by atoms with Crippen LogP contribution in [0, 0.1) is 23.7 Å². The van der Waals surface area contributed by atoms with Crippen molar-refractivity contribution >= 4 is 12.2 Å². The minimum atomic E-state index is 0.502. The van der Waals surface area contributed by atoms with Crippen molar-refractivity contribution in [2.24, 2.45) is 23.7 Å². The maximum absolute atomic E-state index is 2.55. The van der Waals surface area contributed by atoms with Gasteiger partial charge < -0.3 is 0 Å². The highest BCUT2D eigenvalue weighted by Gasteiger charge is 2.51. The van der Waals surface area contributed by atoms with E-state index < -0.39 is 0 Å². The Labute approximate surface area is 193 Å². The fraction of sp³-hybridized carbons (Fsp3) is 0.500. The highest BCUT2D eigenvalue weighted by atomic mass is 14.6. The zero-order valence-corrected chi connectivity index (χ0v) is 19.4. The highest BCUT2D eigenvalue weighted by molar-refractivity contribution is 5.78. The van der Waals surface area contributed by atoms with Gasteiger partial charge in [-0.25, -0.2) is 0 Å².